The molecule has 2 rings (SSSR count). The summed E-state index contributed by atoms with van der Waals surface area (Å²) in [5.41, 5.74) is 0.460. The third kappa shape index (κ3) is 4.46. The van der Waals surface area contributed by atoms with E-state index in [-0.39, 0.29) is 0 Å². The minimum atomic E-state index is -3.65. The maximum atomic E-state index is 12.1. The summed E-state index contributed by atoms with van der Waals surface area (Å²) >= 11 is 0. The molecule has 0 spiro atoms. The van der Waals surface area contributed by atoms with Gasteiger partial charge in [0.05, 0.1) is 11.7 Å². The van der Waals surface area contributed by atoms with Gasteiger partial charge in [-0.25, -0.2) is 4.79 Å². The Kier molecular flexibility index (Phi) is 4.67. The number of nitrogens with zero attached hydrogens (tertiary/aromatic N) is 1. The van der Waals surface area contributed by atoms with Crippen molar-refractivity contribution in [1.29, 1.82) is 0 Å². The Bertz CT molecular complexity index is 708. The van der Waals surface area contributed by atoms with Gasteiger partial charge in [0.15, 0.2) is 0 Å². The number of carbonyl (C=O) groups excluding carboxylic acids is 1. The zero-order valence-corrected chi connectivity index (χ0v) is 14.3. The second-order valence-electron chi connectivity index (χ2n) is 6.19. The predicted octanol–water partition coefficient (Wildman–Crippen LogP) is 1.87. The van der Waals surface area contributed by atoms with Gasteiger partial charge in [0, 0.05) is 13.2 Å². The molecule has 1 amide bonds. The van der Waals surface area contributed by atoms with Crippen LogP contribution in [0.1, 0.15) is 32.4 Å². The summed E-state index contributed by atoms with van der Waals surface area (Å²) in [6.45, 7) is 5.27. The summed E-state index contributed by atoms with van der Waals surface area (Å²) in [6, 6.07) is 8.30. The molecule has 0 saturated carbocycles. The van der Waals surface area contributed by atoms with Crippen LogP contribution < -0.4 is 10.0 Å². The Morgan fingerprint density at radius 3 is 2.43 bits per heavy atom. The van der Waals surface area contributed by atoms with Gasteiger partial charge in [-0.05, 0) is 26.3 Å². The third-order valence-corrected chi connectivity index (χ3v) is 4.45. The molecule has 23 heavy (non-hydrogen) atoms. The second-order valence-corrected chi connectivity index (χ2v) is 7.96. The second kappa shape index (κ2) is 6.21. The molecule has 0 fully saturated rings. The molecule has 126 valence electrons. The molecule has 1 aliphatic rings. The standard InChI is InChI=1S/C15H21N3O4S/c1-15(2,3)22-14(19)16-12-10-18(4)23(20,21)17-13(12)11-8-6-5-7-9-11/h5-10,13,17H,1-4H3,(H,16,19). The van der Waals surface area contributed by atoms with Gasteiger partial charge in [0.1, 0.15) is 5.60 Å². The number of nitrogens with one attached hydrogen (secondary N) is 2. The molecule has 0 saturated heterocycles. The van der Waals surface area contributed by atoms with E-state index in [0.717, 1.165) is 4.31 Å². The van der Waals surface area contributed by atoms with Crippen LogP contribution in [0.25, 0.3) is 0 Å². The van der Waals surface area contributed by atoms with Crippen LogP contribution in [0.3, 0.4) is 0 Å². The Morgan fingerprint density at radius 2 is 1.87 bits per heavy atom. The normalized spacial score (nSPS) is 20.6. The minimum absolute atomic E-state index is 0.391. The fourth-order valence-corrected chi connectivity index (χ4v) is 3.03. The molecule has 0 bridgehead atoms. The van der Waals surface area contributed by atoms with E-state index >= 15 is 0 Å². The van der Waals surface area contributed by atoms with Crippen molar-refractivity contribution in [3.05, 3.63) is 47.8 Å². The first-order valence-corrected chi connectivity index (χ1v) is 8.54. The molecule has 1 aliphatic heterocycles. The minimum Gasteiger partial charge on any atom is -0.444 e. The molecular formula is C15H21N3O4S. The molecule has 1 aromatic carbocycles. The van der Waals surface area contributed by atoms with Gasteiger partial charge >= 0.3 is 16.3 Å². The van der Waals surface area contributed by atoms with E-state index in [2.05, 4.69) is 10.0 Å². The summed E-state index contributed by atoms with van der Waals surface area (Å²) in [4.78, 5) is 12.0. The van der Waals surface area contributed by atoms with Gasteiger partial charge in [0.25, 0.3) is 0 Å². The van der Waals surface area contributed by atoms with Crippen molar-refractivity contribution in [3.63, 3.8) is 0 Å². The Labute approximate surface area is 136 Å². The van der Waals surface area contributed by atoms with E-state index in [1.165, 1.54) is 13.2 Å². The van der Waals surface area contributed by atoms with Crippen molar-refractivity contribution in [2.45, 2.75) is 32.4 Å². The Balaban J connectivity index is 2.31. The highest BCUT2D eigenvalue weighted by Gasteiger charge is 2.32. The van der Waals surface area contributed by atoms with Crippen LogP contribution in [0.5, 0.6) is 0 Å². The first kappa shape index (κ1) is 17.3. The van der Waals surface area contributed by atoms with Crippen LogP contribution in [0, 0.1) is 0 Å². The third-order valence-electron chi connectivity index (χ3n) is 3.06. The fourth-order valence-electron chi connectivity index (χ4n) is 2.05. The highest BCUT2D eigenvalue weighted by molar-refractivity contribution is 7.87. The Hall–Kier alpha value is -2.06. The fraction of sp³-hybridized carbons (Fsp3) is 0.400. The lowest BCUT2D eigenvalue weighted by atomic mass is 10.1. The number of ether oxygens (including phenoxy) is 1. The van der Waals surface area contributed by atoms with Crippen molar-refractivity contribution >= 4 is 16.3 Å². The van der Waals surface area contributed by atoms with E-state index < -0.39 is 27.9 Å². The first-order valence-electron chi connectivity index (χ1n) is 7.10. The van der Waals surface area contributed by atoms with Gasteiger partial charge in [-0.15, -0.1) is 0 Å². The van der Waals surface area contributed by atoms with Crippen LogP contribution in [-0.4, -0.2) is 31.5 Å². The summed E-state index contributed by atoms with van der Waals surface area (Å²) in [6.07, 6.45) is 0.729. The molecular weight excluding hydrogens is 318 g/mol. The molecule has 2 N–H and O–H groups in total. The molecule has 0 aromatic heterocycles. The van der Waals surface area contributed by atoms with Gasteiger partial charge in [-0.3, -0.25) is 9.62 Å². The van der Waals surface area contributed by atoms with Crippen molar-refractivity contribution in [3.8, 4) is 0 Å². The maximum Gasteiger partial charge on any atom is 0.411 e. The highest BCUT2D eigenvalue weighted by atomic mass is 32.2. The lowest BCUT2D eigenvalue weighted by Crippen LogP contribution is -2.46. The summed E-state index contributed by atoms with van der Waals surface area (Å²) in [7, 11) is -2.26. The molecule has 0 radical (unpaired) electrons. The van der Waals surface area contributed by atoms with E-state index in [4.69, 9.17) is 4.74 Å². The predicted molar refractivity (Wildman–Crippen MR) is 86.5 cm³/mol. The van der Waals surface area contributed by atoms with Gasteiger partial charge in [0.2, 0.25) is 0 Å². The van der Waals surface area contributed by atoms with Crippen LogP contribution >= 0.6 is 0 Å². The van der Waals surface area contributed by atoms with E-state index in [1.54, 1.807) is 45.0 Å². The summed E-state index contributed by atoms with van der Waals surface area (Å²) in [5.74, 6) is 0. The lowest BCUT2D eigenvalue weighted by Gasteiger charge is -2.31. The SMILES string of the molecule is CN1C=C(NC(=O)OC(C)(C)C)C(c2ccccc2)NS1(=O)=O. The number of rotatable bonds is 2. The van der Waals surface area contributed by atoms with E-state index in [9.17, 15) is 13.2 Å². The van der Waals surface area contributed by atoms with Crippen molar-refractivity contribution in [1.82, 2.24) is 14.3 Å². The molecule has 1 unspecified atom stereocenters. The van der Waals surface area contributed by atoms with Gasteiger partial charge in [-0.2, -0.15) is 13.1 Å². The molecule has 1 atom stereocenters. The average Bonchev–Trinajstić information content (AvgIpc) is 2.42. The zero-order chi connectivity index (χ0) is 17.3. The smallest absolute Gasteiger partial charge is 0.411 e. The maximum absolute atomic E-state index is 12.1. The zero-order valence-electron chi connectivity index (χ0n) is 13.5. The quantitative estimate of drug-likeness (QED) is 0.861. The van der Waals surface area contributed by atoms with Gasteiger partial charge in [-0.1, -0.05) is 30.3 Å². The van der Waals surface area contributed by atoms with Crippen molar-refractivity contribution < 1.29 is 17.9 Å². The highest BCUT2D eigenvalue weighted by Crippen LogP contribution is 2.26. The topological polar surface area (TPSA) is 87.7 Å². The average molecular weight is 339 g/mol. The number of amides is 1. The summed E-state index contributed by atoms with van der Waals surface area (Å²) in [5, 5.41) is 2.62. The number of carbonyl (C=O) groups is 1. The van der Waals surface area contributed by atoms with Crippen LogP contribution in [-0.2, 0) is 14.9 Å². The van der Waals surface area contributed by atoms with Crippen LogP contribution in [0.15, 0.2) is 42.2 Å². The number of alkyl carbamates (subject to hydrolysis) is 1. The number of benzene rings is 1. The number of hydrogen-bond donors (Lipinski definition) is 2. The van der Waals surface area contributed by atoms with E-state index in [1.807, 2.05) is 6.07 Å². The largest absolute Gasteiger partial charge is 0.444 e. The molecule has 0 aliphatic carbocycles. The first-order chi connectivity index (χ1) is 10.6. The van der Waals surface area contributed by atoms with Crippen LogP contribution in [0.4, 0.5) is 4.79 Å². The Morgan fingerprint density at radius 1 is 1.26 bits per heavy atom. The monoisotopic (exact) mass is 339 g/mol. The molecule has 1 aromatic rings. The van der Waals surface area contributed by atoms with Crippen LogP contribution in [0.2, 0.25) is 0 Å². The molecule has 7 nitrogen and oxygen atoms in total. The van der Waals surface area contributed by atoms with Gasteiger partial charge < -0.3 is 4.74 Å². The van der Waals surface area contributed by atoms with Crippen molar-refractivity contribution in [2.24, 2.45) is 0 Å². The molecule has 8 heteroatoms. The number of hydrogen-bond acceptors (Lipinski definition) is 4. The van der Waals surface area contributed by atoms with Crippen molar-refractivity contribution in [2.75, 3.05) is 7.05 Å². The summed E-state index contributed by atoms with van der Waals surface area (Å²) < 4.78 is 32.9. The van der Waals surface area contributed by atoms with E-state index in [0.29, 0.717) is 11.3 Å². The molecule has 1 heterocycles. The lowest BCUT2D eigenvalue weighted by molar-refractivity contribution is 0.0541.